The van der Waals surface area contributed by atoms with E-state index in [4.69, 9.17) is 9.40 Å². The minimum Gasteiger partial charge on any atom is -0.402 e. The van der Waals surface area contributed by atoms with E-state index in [0.29, 0.717) is 23.3 Å². The SMILES string of the molecule is CC.CCc1cc(-c2nnc(NC3CC(O)(C(F)F)C3)o2)nc2c(C(C)(C)C)cc(N(C)CC(F)(F)F)cc12. The molecule has 1 fully saturated rings. The smallest absolute Gasteiger partial charge is 0.402 e. The second-order valence-corrected chi connectivity index (χ2v) is 10.7. The maximum atomic E-state index is 13.1. The third kappa shape index (κ3) is 6.77. The first-order valence-corrected chi connectivity index (χ1v) is 13.0. The summed E-state index contributed by atoms with van der Waals surface area (Å²) in [7, 11) is 1.41. The average molecular weight is 558 g/mol. The number of nitrogens with zero attached hydrogens (tertiary/aromatic N) is 4. The molecule has 0 unspecified atom stereocenters. The highest BCUT2D eigenvalue weighted by Crippen LogP contribution is 2.40. The van der Waals surface area contributed by atoms with Crippen LogP contribution in [0.25, 0.3) is 22.5 Å². The van der Waals surface area contributed by atoms with Crippen molar-refractivity contribution in [2.75, 3.05) is 23.8 Å². The summed E-state index contributed by atoms with van der Waals surface area (Å²) < 4.78 is 70.7. The minimum atomic E-state index is -4.34. The van der Waals surface area contributed by atoms with Gasteiger partial charge < -0.3 is 19.7 Å². The molecule has 1 aromatic carbocycles. The Bertz CT molecular complexity index is 1280. The van der Waals surface area contributed by atoms with Crippen LogP contribution >= 0.6 is 0 Å². The van der Waals surface area contributed by atoms with Gasteiger partial charge in [-0.25, -0.2) is 13.8 Å². The molecule has 0 spiro atoms. The molecule has 7 nitrogen and oxygen atoms in total. The molecule has 2 N–H and O–H groups in total. The fourth-order valence-electron chi connectivity index (χ4n) is 4.57. The standard InChI is InChI=1S/C25H30F5N5O2.C2H6/c1-6-13-7-18(20-33-34-22(37-20)31-14-10-24(36,11-14)21(26)27)32-19-16(13)8-15(9-17(19)23(2,3)4)35(5)12-25(28,29)30;1-2/h7-9,14,21,36H,6,10-12H2,1-5H3,(H,31,34);1-2H3. The van der Waals surface area contributed by atoms with Crippen LogP contribution in [0.5, 0.6) is 0 Å². The van der Waals surface area contributed by atoms with Gasteiger partial charge in [-0.2, -0.15) is 13.2 Å². The van der Waals surface area contributed by atoms with Crippen LogP contribution < -0.4 is 10.2 Å². The largest absolute Gasteiger partial charge is 0.405 e. The van der Waals surface area contributed by atoms with Gasteiger partial charge in [0, 0.05) is 37.0 Å². The Morgan fingerprint density at radius 1 is 1.13 bits per heavy atom. The molecule has 0 saturated heterocycles. The van der Waals surface area contributed by atoms with Crippen LogP contribution in [0.1, 0.15) is 65.5 Å². The van der Waals surface area contributed by atoms with Crippen molar-refractivity contribution in [3.8, 4) is 11.6 Å². The highest BCUT2D eigenvalue weighted by atomic mass is 19.4. The van der Waals surface area contributed by atoms with E-state index in [-0.39, 0.29) is 24.7 Å². The number of hydrogen-bond donors (Lipinski definition) is 2. The van der Waals surface area contributed by atoms with Crippen LogP contribution in [0, 0.1) is 0 Å². The van der Waals surface area contributed by atoms with Crippen LogP contribution in [0.4, 0.5) is 33.7 Å². The van der Waals surface area contributed by atoms with Gasteiger partial charge in [-0.15, -0.1) is 5.10 Å². The molecule has 0 atom stereocenters. The van der Waals surface area contributed by atoms with Crippen LogP contribution in [0.15, 0.2) is 22.6 Å². The number of halogens is 5. The molecule has 216 valence electrons. The fourth-order valence-corrected chi connectivity index (χ4v) is 4.57. The molecular weight excluding hydrogens is 521 g/mol. The zero-order valence-corrected chi connectivity index (χ0v) is 23.2. The highest BCUT2D eigenvalue weighted by molar-refractivity contribution is 5.91. The highest BCUT2D eigenvalue weighted by Gasteiger charge is 2.50. The number of rotatable bonds is 7. The molecule has 0 bridgehead atoms. The van der Waals surface area contributed by atoms with E-state index in [0.717, 1.165) is 16.5 Å². The Kier molecular flexibility index (Phi) is 8.79. The Labute approximate surface area is 224 Å². The number of benzene rings is 1. The van der Waals surface area contributed by atoms with Crippen molar-refractivity contribution in [1.29, 1.82) is 0 Å². The van der Waals surface area contributed by atoms with Gasteiger partial charge in [0.2, 0.25) is 0 Å². The molecule has 0 aliphatic heterocycles. The lowest BCUT2D eigenvalue weighted by molar-refractivity contribution is -0.148. The van der Waals surface area contributed by atoms with E-state index in [1.54, 1.807) is 18.2 Å². The zero-order chi connectivity index (χ0) is 29.3. The van der Waals surface area contributed by atoms with Crippen molar-refractivity contribution in [3.05, 3.63) is 29.3 Å². The number of aliphatic hydroxyl groups is 1. The lowest BCUT2D eigenvalue weighted by Gasteiger charge is -2.42. The summed E-state index contributed by atoms with van der Waals surface area (Å²) in [4.78, 5) is 5.94. The van der Waals surface area contributed by atoms with Crippen molar-refractivity contribution in [2.24, 2.45) is 0 Å². The van der Waals surface area contributed by atoms with Crippen molar-refractivity contribution < 1.29 is 31.5 Å². The normalized spacial score (nSPS) is 19.5. The molecule has 0 amide bonds. The quantitative estimate of drug-likeness (QED) is 0.311. The van der Waals surface area contributed by atoms with Gasteiger partial charge in [-0.05, 0) is 41.2 Å². The molecule has 39 heavy (non-hydrogen) atoms. The number of anilines is 2. The number of nitrogens with one attached hydrogen (secondary N) is 1. The van der Waals surface area contributed by atoms with Gasteiger partial charge in [-0.1, -0.05) is 46.6 Å². The topological polar surface area (TPSA) is 87.3 Å². The first-order chi connectivity index (χ1) is 18.1. The molecule has 1 aliphatic carbocycles. The lowest BCUT2D eigenvalue weighted by atomic mass is 9.76. The molecule has 2 heterocycles. The molecular formula is C27H36F5N5O2. The monoisotopic (exact) mass is 557 g/mol. The number of hydrogen-bond acceptors (Lipinski definition) is 7. The maximum absolute atomic E-state index is 13.1. The molecule has 12 heteroatoms. The first-order valence-electron chi connectivity index (χ1n) is 13.0. The van der Waals surface area contributed by atoms with Crippen molar-refractivity contribution in [2.45, 2.75) is 90.5 Å². The van der Waals surface area contributed by atoms with Crippen LogP contribution in [0.2, 0.25) is 0 Å². The Hall–Kier alpha value is -3.02. The molecule has 0 radical (unpaired) electrons. The van der Waals surface area contributed by atoms with E-state index in [1.165, 1.54) is 11.9 Å². The van der Waals surface area contributed by atoms with Gasteiger partial charge in [0.25, 0.3) is 12.3 Å². The molecule has 1 saturated carbocycles. The Balaban J connectivity index is 0.00000205. The van der Waals surface area contributed by atoms with Crippen molar-refractivity contribution >= 4 is 22.6 Å². The average Bonchev–Trinajstić information content (AvgIpc) is 3.29. The summed E-state index contributed by atoms with van der Waals surface area (Å²) in [5, 5.41) is 21.3. The molecule has 1 aliphatic rings. The number of alkyl halides is 5. The molecule has 2 aromatic heterocycles. The Morgan fingerprint density at radius 3 is 2.31 bits per heavy atom. The van der Waals surface area contributed by atoms with Gasteiger partial charge in [-0.3, -0.25) is 0 Å². The van der Waals surface area contributed by atoms with E-state index in [9.17, 15) is 27.1 Å². The second-order valence-electron chi connectivity index (χ2n) is 10.7. The van der Waals surface area contributed by atoms with Crippen molar-refractivity contribution in [3.63, 3.8) is 0 Å². The summed E-state index contributed by atoms with van der Waals surface area (Å²) >= 11 is 0. The summed E-state index contributed by atoms with van der Waals surface area (Å²) in [6.07, 6.45) is -6.88. The zero-order valence-electron chi connectivity index (χ0n) is 23.2. The fraction of sp³-hybridized carbons (Fsp3) is 0.593. The Morgan fingerprint density at radius 2 is 1.77 bits per heavy atom. The van der Waals surface area contributed by atoms with Crippen LogP contribution in [-0.2, 0) is 11.8 Å². The first kappa shape index (κ1) is 30.5. The van der Waals surface area contributed by atoms with Crippen LogP contribution in [0.3, 0.4) is 0 Å². The third-order valence-electron chi connectivity index (χ3n) is 6.61. The summed E-state index contributed by atoms with van der Waals surface area (Å²) in [6.45, 7) is 10.7. The predicted octanol–water partition coefficient (Wildman–Crippen LogP) is 6.74. The van der Waals surface area contributed by atoms with E-state index >= 15 is 0 Å². The lowest BCUT2D eigenvalue weighted by Crippen LogP contribution is -2.55. The second kappa shape index (κ2) is 11.2. The van der Waals surface area contributed by atoms with Gasteiger partial charge >= 0.3 is 12.2 Å². The van der Waals surface area contributed by atoms with E-state index in [1.807, 2.05) is 41.5 Å². The number of aromatic nitrogens is 3. The number of pyridine rings is 1. The third-order valence-corrected chi connectivity index (χ3v) is 6.61. The van der Waals surface area contributed by atoms with Crippen LogP contribution in [-0.4, -0.2) is 58.1 Å². The summed E-state index contributed by atoms with van der Waals surface area (Å²) in [5.74, 6) is 0.112. The summed E-state index contributed by atoms with van der Waals surface area (Å²) in [6, 6.07) is 4.80. The minimum absolute atomic E-state index is 0.0245. The van der Waals surface area contributed by atoms with E-state index < -0.39 is 36.2 Å². The van der Waals surface area contributed by atoms with Crippen molar-refractivity contribution in [1.82, 2.24) is 15.2 Å². The number of aryl methyl sites for hydroxylation is 1. The maximum Gasteiger partial charge on any atom is 0.405 e. The van der Waals surface area contributed by atoms with Gasteiger partial charge in [0.1, 0.15) is 17.8 Å². The summed E-state index contributed by atoms with van der Waals surface area (Å²) in [5.41, 5.74) is 0.631. The van der Waals surface area contributed by atoms with Gasteiger partial charge in [0.05, 0.1) is 5.52 Å². The predicted molar refractivity (Wildman–Crippen MR) is 141 cm³/mol. The van der Waals surface area contributed by atoms with Gasteiger partial charge in [0.15, 0.2) is 0 Å². The van der Waals surface area contributed by atoms with E-state index in [2.05, 4.69) is 15.5 Å². The number of fused-ring (bicyclic) bond motifs is 1. The molecule has 4 rings (SSSR count). The molecule has 3 aromatic rings.